The molecular formula is C16H16ClFN2O. The van der Waals surface area contributed by atoms with Gasteiger partial charge in [0.1, 0.15) is 5.82 Å². The first-order valence-electron chi connectivity index (χ1n) is 6.66. The van der Waals surface area contributed by atoms with Gasteiger partial charge >= 0.3 is 0 Å². The van der Waals surface area contributed by atoms with Crippen LogP contribution in [-0.2, 0) is 11.2 Å². The van der Waals surface area contributed by atoms with Crippen molar-refractivity contribution in [2.75, 3.05) is 17.2 Å². The first kappa shape index (κ1) is 15.3. The molecule has 2 rings (SSSR count). The molecule has 2 aromatic rings. The molecule has 21 heavy (non-hydrogen) atoms. The second-order valence-corrected chi connectivity index (χ2v) is 4.99. The zero-order valence-electron chi connectivity index (χ0n) is 11.6. The van der Waals surface area contributed by atoms with Crippen LogP contribution in [-0.4, -0.2) is 12.5 Å². The number of carbonyl (C=O) groups is 1. The highest BCUT2D eigenvalue weighted by Gasteiger charge is 2.05. The maximum atomic E-state index is 12.9. The summed E-state index contributed by atoms with van der Waals surface area (Å²) in [4.78, 5) is 11.9. The summed E-state index contributed by atoms with van der Waals surface area (Å²) in [6.45, 7) is 2.11. The van der Waals surface area contributed by atoms with E-state index in [0.717, 1.165) is 17.7 Å². The quantitative estimate of drug-likeness (QED) is 0.873. The molecule has 0 unspecified atom stereocenters. The molecule has 0 fully saturated rings. The van der Waals surface area contributed by atoms with Gasteiger partial charge in [0.05, 0.1) is 17.3 Å². The van der Waals surface area contributed by atoms with Crippen LogP contribution in [0.4, 0.5) is 15.8 Å². The topological polar surface area (TPSA) is 41.1 Å². The molecule has 2 aromatic carbocycles. The van der Waals surface area contributed by atoms with Crippen molar-refractivity contribution in [2.24, 2.45) is 0 Å². The average molecular weight is 307 g/mol. The molecule has 0 atom stereocenters. The van der Waals surface area contributed by atoms with Gasteiger partial charge in [-0.25, -0.2) is 4.39 Å². The Bertz CT molecular complexity index is 646. The van der Waals surface area contributed by atoms with Gasteiger partial charge in [-0.1, -0.05) is 30.7 Å². The Morgan fingerprint density at radius 1 is 1.24 bits per heavy atom. The number of anilines is 2. The predicted octanol–water partition coefficient (Wildman–Crippen LogP) is 4.09. The number of aryl methyl sites for hydroxylation is 1. The van der Waals surface area contributed by atoms with Crippen molar-refractivity contribution in [3.63, 3.8) is 0 Å². The number of benzene rings is 2. The van der Waals surface area contributed by atoms with E-state index < -0.39 is 5.82 Å². The molecule has 110 valence electrons. The van der Waals surface area contributed by atoms with Gasteiger partial charge in [-0.15, -0.1) is 0 Å². The normalized spacial score (nSPS) is 10.2. The third-order valence-corrected chi connectivity index (χ3v) is 3.30. The van der Waals surface area contributed by atoms with Crippen LogP contribution < -0.4 is 10.6 Å². The van der Waals surface area contributed by atoms with E-state index in [-0.39, 0.29) is 17.5 Å². The van der Waals surface area contributed by atoms with E-state index >= 15 is 0 Å². The van der Waals surface area contributed by atoms with Crippen LogP contribution in [0.25, 0.3) is 0 Å². The summed E-state index contributed by atoms with van der Waals surface area (Å²) in [5.41, 5.74) is 2.43. The Morgan fingerprint density at radius 2 is 2.05 bits per heavy atom. The summed E-state index contributed by atoms with van der Waals surface area (Å²) >= 11 is 5.88. The van der Waals surface area contributed by atoms with Gasteiger partial charge in [0, 0.05) is 5.69 Å². The average Bonchev–Trinajstić information content (AvgIpc) is 2.46. The lowest BCUT2D eigenvalue weighted by Gasteiger charge is -2.10. The van der Waals surface area contributed by atoms with Crippen LogP contribution >= 0.6 is 11.6 Å². The lowest BCUT2D eigenvalue weighted by atomic mass is 10.1. The summed E-state index contributed by atoms with van der Waals surface area (Å²) in [6.07, 6.45) is 0.910. The first-order valence-corrected chi connectivity index (χ1v) is 7.04. The zero-order chi connectivity index (χ0) is 15.2. The van der Waals surface area contributed by atoms with Crippen molar-refractivity contribution >= 4 is 28.9 Å². The summed E-state index contributed by atoms with van der Waals surface area (Å²) in [5.74, 6) is -0.602. The smallest absolute Gasteiger partial charge is 0.243 e. The predicted molar refractivity (Wildman–Crippen MR) is 84.3 cm³/mol. The van der Waals surface area contributed by atoms with Gasteiger partial charge in [0.2, 0.25) is 5.91 Å². The molecular weight excluding hydrogens is 291 g/mol. The molecule has 0 bridgehead atoms. The SMILES string of the molecule is CCc1cccc(NC(=O)CNc2ccc(F)cc2Cl)c1. The third kappa shape index (κ3) is 4.46. The number of halogens is 2. The Balaban J connectivity index is 1.92. The number of rotatable bonds is 5. The highest BCUT2D eigenvalue weighted by molar-refractivity contribution is 6.33. The van der Waals surface area contributed by atoms with Crippen molar-refractivity contribution in [1.29, 1.82) is 0 Å². The molecule has 0 aliphatic rings. The van der Waals surface area contributed by atoms with E-state index in [4.69, 9.17) is 11.6 Å². The summed E-state index contributed by atoms with van der Waals surface area (Å²) in [7, 11) is 0. The van der Waals surface area contributed by atoms with Crippen LogP contribution in [0.5, 0.6) is 0 Å². The first-order chi connectivity index (χ1) is 10.1. The molecule has 2 N–H and O–H groups in total. The largest absolute Gasteiger partial charge is 0.375 e. The number of hydrogen-bond donors (Lipinski definition) is 2. The Kier molecular flexibility index (Phi) is 5.17. The molecule has 0 aliphatic heterocycles. The molecule has 5 heteroatoms. The van der Waals surface area contributed by atoms with Gasteiger partial charge in [0.25, 0.3) is 0 Å². The van der Waals surface area contributed by atoms with Crippen molar-refractivity contribution in [3.05, 3.63) is 58.9 Å². The maximum Gasteiger partial charge on any atom is 0.243 e. The van der Waals surface area contributed by atoms with E-state index in [2.05, 4.69) is 17.6 Å². The molecule has 0 aliphatic carbocycles. The number of carbonyl (C=O) groups excluding carboxylic acids is 1. The fraction of sp³-hybridized carbons (Fsp3) is 0.188. The lowest BCUT2D eigenvalue weighted by Crippen LogP contribution is -2.21. The monoisotopic (exact) mass is 306 g/mol. The van der Waals surface area contributed by atoms with Gasteiger partial charge in [-0.3, -0.25) is 4.79 Å². The van der Waals surface area contributed by atoms with E-state index in [1.807, 2.05) is 24.3 Å². The third-order valence-electron chi connectivity index (χ3n) is 2.99. The number of hydrogen-bond acceptors (Lipinski definition) is 2. The second kappa shape index (κ2) is 7.09. The Labute approximate surface area is 128 Å². The zero-order valence-corrected chi connectivity index (χ0v) is 12.4. The van der Waals surface area contributed by atoms with Crippen molar-refractivity contribution < 1.29 is 9.18 Å². The van der Waals surface area contributed by atoms with Crippen LogP contribution in [0.3, 0.4) is 0 Å². The summed E-state index contributed by atoms with van der Waals surface area (Å²) in [6, 6.07) is 11.7. The fourth-order valence-electron chi connectivity index (χ4n) is 1.88. The van der Waals surface area contributed by atoms with Crippen LogP contribution in [0.1, 0.15) is 12.5 Å². The molecule has 0 aromatic heterocycles. The Morgan fingerprint density at radius 3 is 2.76 bits per heavy atom. The molecule has 3 nitrogen and oxygen atoms in total. The minimum absolute atomic E-state index is 0.0572. The summed E-state index contributed by atoms with van der Waals surface area (Å²) in [5, 5.41) is 5.92. The standard InChI is InChI=1S/C16H16ClFN2O/c1-2-11-4-3-5-13(8-11)20-16(21)10-19-15-7-6-12(18)9-14(15)17/h3-9,19H,2,10H2,1H3,(H,20,21). The molecule has 0 heterocycles. The van der Waals surface area contributed by atoms with Gasteiger partial charge in [0.15, 0.2) is 0 Å². The second-order valence-electron chi connectivity index (χ2n) is 4.58. The van der Waals surface area contributed by atoms with E-state index in [0.29, 0.717) is 5.69 Å². The molecule has 0 radical (unpaired) electrons. The number of nitrogens with one attached hydrogen (secondary N) is 2. The summed E-state index contributed by atoms with van der Waals surface area (Å²) < 4.78 is 12.9. The Hall–Kier alpha value is -2.07. The van der Waals surface area contributed by atoms with Crippen LogP contribution in [0, 0.1) is 5.82 Å². The lowest BCUT2D eigenvalue weighted by molar-refractivity contribution is -0.114. The highest BCUT2D eigenvalue weighted by atomic mass is 35.5. The molecule has 1 amide bonds. The van der Waals surface area contributed by atoms with Gasteiger partial charge in [-0.05, 0) is 42.3 Å². The highest BCUT2D eigenvalue weighted by Crippen LogP contribution is 2.22. The van der Waals surface area contributed by atoms with Crippen molar-refractivity contribution in [1.82, 2.24) is 0 Å². The van der Waals surface area contributed by atoms with E-state index in [9.17, 15) is 9.18 Å². The van der Waals surface area contributed by atoms with Crippen LogP contribution in [0.15, 0.2) is 42.5 Å². The van der Waals surface area contributed by atoms with E-state index in [1.165, 1.54) is 18.2 Å². The minimum atomic E-state index is -0.411. The minimum Gasteiger partial charge on any atom is -0.375 e. The molecule has 0 spiro atoms. The molecule has 0 saturated heterocycles. The van der Waals surface area contributed by atoms with Crippen molar-refractivity contribution in [2.45, 2.75) is 13.3 Å². The van der Waals surface area contributed by atoms with Crippen molar-refractivity contribution in [3.8, 4) is 0 Å². The molecule has 0 saturated carbocycles. The van der Waals surface area contributed by atoms with Crippen LogP contribution in [0.2, 0.25) is 5.02 Å². The fourth-order valence-corrected chi connectivity index (χ4v) is 2.12. The van der Waals surface area contributed by atoms with Gasteiger partial charge in [-0.2, -0.15) is 0 Å². The van der Waals surface area contributed by atoms with E-state index in [1.54, 1.807) is 0 Å². The maximum absolute atomic E-state index is 12.9. The van der Waals surface area contributed by atoms with Gasteiger partial charge < -0.3 is 10.6 Å². The number of amides is 1.